The number of aryl methyl sites for hydroxylation is 2. The molecule has 0 spiro atoms. The van der Waals surface area contributed by atoms with Crippen LogP contribution in [0.5, 0.6) is 17.2 Å². The first-order chi connectivity index (χ1) is 23.8. The van der Waals surface area contributed by atoms with E-state index >= 15 is 0 Å². The molecule has 3 heterocycles. The average Bonchev–Trinajstić information content (AvgIpc) is 3.08. The maximum Gasteiger partial charge on any atom is 0.270 e. The fourth-order valence-electron chi connectivity index (χ4n) is 6.59. The van der Waals surface area contributed by atoms with Gasteiger partial charge < -0.3 is 33.2 Å². The molecule has 1 saturated heterocycles. The lowest BCUT2D eigenvalue weighted by molar-refractivity contribution is -0.384. The van der Waals surface area contributed by atoms with Crippen LogP contribution in [0.15, 0.2) is 36.4 Å². The van der Waals surface area contributed by atoms with Crippen molar-refractivity contribution < 1.29 is 38.1 Å². The van der Waals surface area contributed by atoms with Gasteiger partial charge in [0.05, 0.1) is 79.1 Å². The van der Waals surface area contributed by atoms with Crippen molar-refractivity contribution in [3.63, 3.8) is 0 Å². The van der Waals surface area contributed by atoms with Gasteiger partial charge in [0, 0.05) is 84.8 Å². The molecule has 0 N–H and O–H groups in total. The van der Waals surface area contributed by atoms with E-state index in [1.54, 1.807) is 33.5 Å². The lowest BCUT2D eigenvalue weighted by atomic mass is 9.91. The predicted molar refractivity (Wildman–Crippen MR) is 187 cm³/mol. The average molecular weight is 680 g/mol. The first-order valence-electron chi connectivity index (χ1n) is 16.8. The normalized spacial score (nSPS) is 19.9. The highest BCUT2D eigenvalue weighted by atomic mass is 16.6. The lowest BCUT2D eigenvalue weighted by Gasteiger charge is -2.25. The zero-order valence-corrected chi connectivity index (χ0v) is 29.4. The van der Waals surface area contributed by atoms with Gasteiger partial charge in [0.2, 0.25) is 0 Å². The molecule has 1 fully saturated rings. The smallest absolute Gasteiger partial charge is 0.270 e. The monoisotopic (exact) mass is 679 g/mol. The van der Waals surface area contributed by atoms with E-state index in [2.05, 4.69) is 21.9 Å². The third-order valence-corrected chi connectivity index (χ3v) is 8.84. The van der Waals surface area contributed by atoms with Gasteiger partial charge in [-0.3, -0.25) is 19.9 Å². The van der Waals surface area contributed by atoms with Gasteiger partial charge in [-0.15, -0.1) is 0 Å². The molecule has 3 aliphatic rings. The Labute approximate surface area is 288 Å². The molecule has 12 heteroatoms. The molecular formula is C37H49N3O9. The molecule has 8 bridgehead atoms. The van der Waals surface area contributed by atoms with Crippen LogP contribution in [0.1, 0.15) is 22.3 Å². The number of hydrogen-bond donors (Lipinski definition) is 0. The molecule has 0 radical (unpaired) electrons. The number of ether oxygens (including phenoxy) is 7. The molecule has 0 atom stereocenters. The number of rotatable bonds is 4. The molecule has 3 aliphatic heterocycles. The second-order valence-electron chi connectivity index (χ2n) is 12.3. The molecule has 49 heavy (non-hydrogen) atoms. The Balaban J connectivity index is 1.78. The molecule has 0 aromatic heterocycles. The van der Waals surface area contributed by atoms with E-state index < -0.39 is 0 Å². The van der Waals surface area contributed by atoms with Crippen molar-refractivity contribution in [3.05, 3.63) is 68.8 Å². The second-order valence-corrected chi connectivity index (χ2v) is 12.3. The van der Waals surface area contributed by atoms with Gasteiger partial charge in [0.1, 0.15) is 17.2 Å². The van der Waals surface area contributed by atoms with Crippen LogP contribution in [-0.4, -0.2) is 115 Å². The molecule has 0 aliphatic carbocycles. The lowest BCUT2D eigenvalue weighted by Crippen LogP contribution is -2.33. The standard InChI is InChI=1S/C37H49N3O9/c1-26-18-28-24-38-6-10-46-14-16-48-12-8-39(9-13-49-17-15-47-11-7-38)25-29-19-27(2)21-32(36(29)44-4)34-23-30(40(41)42)22-33(37(34)45-5)31(20-26)35(28)43-3/h18-23H,6-17,24-25H2,1-5H3. The van der Waals surface area contributed by atoms with E-state index in [1.165, 1.54) is 0 Å². The van der Waals surface area contributed by atoms with Gasteiger partial charge in [0.25, 0.3) is 5.69 Å². The first-order valence-corrected chi connectivity index (χ1v) is 16.8. The van der Waals surface area contributed by atoms with Crippen molar-refractivity contribution in [2.24, 2.45) is 0 Å². The van der Waals surface area contributed by atoms with Crippen molar-refractivity contribution in [2.75, 3.05) is 100 Å². The Bertz CT molecular complexity index is 1460. The van der Waals surface area contributed by atoms with Gasteiger partial charge in [-0.25, -0.2) is 0 Å². The van der Waals surface area contributed by atoms with Crippen LogP contribution >= 0.6 is 0 Å². The van der Waals surface area contributed by atoms with Crippen molar-refractivity contribution in [1.82, 2.24) is 9.80 Å². The molecule has 3 aromatic rings. The Morgan fingerprint density at radius 3 is 1.22 bits per heavy atom. The van der Waals surface area contributed by atoms with Crippen molar-refractivity contribution in [1.29, 1.82) is 0 Å². The molecule has 12 nitrogen and oxygen atoms in total. The first kappa shape index (κ1) is 36.5. The zero-order chi connectivity index (χ0) is 34.8. The third-order valence-electron chi connectivity index (χ3n) is 8.84. The number of fused-ring (bicyclic) bond motifs is 14. The van der Waals surface area contributed by atoms with Gasteiger partial charge in [0.15, 0.2) is 0 Å². The molecule has 266 valence electrons. The topological polar surface area (TPSA) is 114 Å². The van der Waals surface area contributed by atoms with Crippen LogP contribution in [-0.2, 0) is 32.0 Å². The molecule has 0 unspecified atom stereocenters. The summed E-state index contributed by atoms with van der Waals surface area (Å²) in [6, 6.07) is 11.3. The quantitative estimate of drug-likeness (QED) is 0.266. The summed E-state index contributed by atoms with van der Waals surface area (Å²) in [6.45, 7) is 11.9. The maximum atomic E-state index is 12.5. The van der Waals surface area contributed by atoms with E-state index in [9.17, 15) is 10.1 Å². The number of methoxy groups -OCH3 is 3. The fraction of sp³-hybridized carbons (Fsp3) is 0.514. The van der Waals surface area contributed by atoms with Gasteiger partial charge >= 0.3 is 0 Å². The highest BCUT2D eigenvalue weighted by Crippen LogP contribution is 2.49. The van der Waals surface area contributed by atoms with Crippen LogP contribution in [0.2, 0.25) is 0 Å². The van der Waals surface area contributed by atoms with E-state index in [1.807, 2.05) is 26.0 Å². The number of benzene rings is 3. The number of non-ortho nitro benzene ring substituents is 1. The minimum atomic E-state index is -0.370. The number of nitrogens with zero attached hydrogens (tertiary/aromatic N) is 3. The maximum absolute atomic E-state index is 12.5. The van der Waals surface area contributed by atoms with Crippen LogP contribution < -0.4 is 14.2 Å². The molecular weight excluding hydrogens is 630 g/mol. The second kappa shape index (κ2) is 17.7. The zero-order valence-electron chi connectivity index (χ0n) is 29.4. The van der Waals surface area contributed by atoms with E-state index in [0.717, 1.165) is 22.3 Å². The summed E-state index contributed by atoms with van der Waals surface area (Å²) in [6.07, 6.45) is 0. The molecule has 3 aromatic carbocycles. The van der Waals surface area contributed by atoms with Crippen LogP contribution in [0.25, 0.3) is 22.3 Å². The Morgan fingerprint density at radius 2 is 0.898 bits per heavy atom. The highest BCUT2D eigenvalue weighted by Gasteiger charge is 2.27. The third kappa shape index (κ3) is 9.27. The molecule has 0 amide bonds. The van der Waals surface area contributed by atoms with Crippen molar-refractivity contribution in [2.45, 2.75) is 26.9 Å². The summed E-state index contributed by atoms with van der Waals surface area (Å²) in [7, 11) is 4.85. The summed E-state index contributed by atoms with van der Waals surface area (Å²) in [4.78, 5) is 16.6. The van der Waals surface area contributed by atoms with Gasteiger partial charge in [-0.05, 0) is 37.1 Å². The summed E-state index contributed by atoms with van der Waals surface area (Å²) >= 11 is 0. The largest absolute Gasteiger partial charge is 0.496 e. The Morgan fingerprint density at radius 1 is 0.551 bits per heavy atom. The number of nitro benzene ring substituents is 1. The van der Waals surface area contributed by atoms with Crippen LogP contribution in [0.4, 0.5) is 5.69 Å². The minimum absolute atomic E-state index is 0.0651. The SMILES string of the molecule is COc1c2cc(C)cc1-c1cc([N+](=O)[O-])cc(c1OC)-c1cc(C)cc(c1OC)CN1CCOCCOCCN(CCOCCOCC1)C2. The summed E-state index contributed by atoms with van der Waals surface area (Å²) in [5.74, 6) is 1.73. The van der Waals surface area contributed by atoms with Crippen LogP contribution in [0.3, 0.4) is 0 Å². The van der Waals surface area contributed by atoms with Crippen LogP contribution in [0, 0.1) is 24.0 Å². The van der Waals surface area contributed by atoms with Crippen molar-refractivity contribution in [3.8, 4) is 39.5 Å². The molecule has 6 rings (SSSR count). The van der Waals surface area contributed by atoms with Gasteiger partial charge in [-0.1, -0.05) is 12.1 Å². The fourth-order valence-corrected chi connectivity index (χ4v) is 6.59. The number of hydrogen-bond acceptors (Lipinski definition) is 11. The summed E-state index contributed by atoms with van der Waals surface area (Å²) in [5, 5.41) is 12.5. The van der Waals surface area contributed by atoms with E-state index in [0.29, 0.717) is 132 Å². The van der Waals surface area contributed by atoms with E-state index in [4.69, 9.17) is 33.2 Å². The molecule has 0 saturated carbocycles. The summed E-state index contributed by atoms with van der Waals surface area (Å²) in [5.41, 5.74) is 6.30. The minimum Gasteiger partial charge on any atom is -0.496 e. The predicted octanol–water partition coefficient (Wildman–Crippen LogP) is 5.27. The van der Waals surface area contributed by atoms with Gasteiger partial charge in [-0.2, -0.15) is 0 Å². The summed E-state index contributed by atoms with van der Waals surface area (Å²) < 4.78 is 42.3. The Kier molecular flexibility index (Phi) is 13.2. The Hall–Kier alpha value is -3.78. The van der Waals surface area contributed by atoms with Crippen molar-refractivity contribution >= 4 is 5.69 Å². The number of nitro groups is 1. The highest BCUT2D eigenvalue weighted by molar-refractivity contribution is 5.90. The van der Waals surface area contributed by atoms with E-state index in [-0.39, 0.29) is 10.6 Å².